The highest BCUT2D eigenvalue weighted by Crippen LogP contribution is 2.58. The van der Waals surface area contributed by atoms with Crippen LogP contribution in [0.25, 0.3) is 0 Å². The third kappa shape index (κ3) is 6.67. The van der Waals surface area contributed by atoms with Gasteiger partial charge in [-0.3, -0.25) is 0 Å². The van der Waals surface area contributed by atoms with Crippen LogP contribution in [0.3, 0.4) is 0 Å². The highest BCUT2D eigenvalue weighted by Gasteiger charge is 2.48. The average Bonchev–Trinajstić information content (AvgIpc) is 2.73. The number of allylic oxidation sites excluding steroid dienone is 5. The molecule has 0 bridgehead atoms. The van der Waals surface area contributed by atoms with Gasteiger partial charge in [0.05, 0.1) is 0 Å². The first-order chi connectivity index (χ1) is 14.8. The van der Waals surface area contributed by atoms with Crippen molar-refractivity contribution in [2.24, 2.45) is 28.6 Å². The largest absolute Gasteiger partial charge is 0.385 e. The molecule has 2 nitrogen and oxygen atoms in total. The molecule has 31 heavy (non-hydrogen) atoms. The first-order valence-corrected chi connectivity index (χ1v) is 12.7. The maximum atomic E-state index is 11.5. The molecule has 2 aliphatic carbocycles. The molecule has 0 aromatic carbocycles. The molecule has 0 N–H and O–H groups in total. The van der Waals surface area contributed by atoms with Crippen LogP contribution in [0, 0.1) is 28.6 Å². The van der Waals surface area contributed by atoms with Crippen LogP contribution in [0.1, 0.15) is 98.3 Å². The number of aldehydes is 1. The quantitative estimate of drug-likeness (QED) is 0.219. The molecule has 1 saturated carbocycles. The van der Waals surface area contributed by atoms with Crippen molar-refractivity contribution >= 4 is 6.29 Å². The van der Waals surface area contributed by atoms with E-state index in [0.29, 0.717) is 29.6 Å². The van der Waals surface area contributed by atoms with Gasteiger partial charge in [-0.1, -0.05) is 56.6 Å². The highest BCUT2D eigenvalue weighted by atomic mass is 16.5. The van der Waals surface area contributed by atoms with Crippen molar-refractivity contribution in [1.82, 2.24) is 0 Å². The molecule has 0 aromatic rings. The summed E-state index contributed by atoms with van der Waals surface area (Å²) in [5.74, 6) is 1.84. The van der Waals surface area contributed by atoms with E-state index in [2.05, 4.69) is 46.4 Å². The van der Waals surface area contributed by atoms with Crippen LogP contribution in [0.15, 0.2) is 36.0 Å². The smallest absolute Gasteiger partial charge is 0.120 e. The normalized spacial score (nSPS) is 32.2. The minimum atomic E-state index is 0.145. The Morgan fingerprint density at radius 1 is 1.35 bits per heavy atom. The van der Waals surface area contributed by atoms with E-state index in [0.717, 1.165) is 32.3 Å². The van der Waals surface area contributed by atoms with Gasteiger partial charge < -0.3 is 9.53 Å². The Morgan fingerprint density at radius 2 is 2.13 bits per heavy atom. The molecule has 5 atom stereocenters. The van der Waals surface area contributed by atoms with Crippen LogP contribution < -0.4 is 0 Å². The Morgan fingerprint density at radius 3 is 2.81 bits per heavy atom. The van der Waals surface area contributed by atoms with E-state index in [-0.39, 0.29) is 5.41 Å². The van der Waals surface area contributed by atoms with E-state index in [1.807, 2.05) is 6.08 Å². The minimum Gasteiger partial charge on any atom is -0.385 e. The molecule has 176 valence electrons. The van der Waals surface area contributed by atoms with Gasteiger partial charge in [0.2, 0.25) is 0 Å². The lowest BCUT2D eigenvalue weighted by Gasteiger charge is -2.53. The van der Waals surface area contributed by atoms with E-state index in [9.17, 15) is 4.79 Å². The molecule has 0 aromatic heterocycles. The second-order valence-electron chi connectivity index (χ2n) is 11.0. The van der Waals surface area contributed by atoms with Crippen molar-refractivity contribution in [3.63, 3.8) is 0 Å². The molecule has 0 aliphatic heterocycles. The maximum absolute atomic E-state index is 11.5. The number of fused-ring (bicyclic) bond motifs is 1. The zero-order valence-electron chi connectivity index (χ0n) is 21.1. The van der Waals surface area contributed by atoms with E-state index in [1.165, 1.54) is 50.4 Å². The summed E-state index contributed by atoms with van der Waals surface area (Å²) in [6, 6.07) is 0. The number of rotatable bonds is 13. The molecule has 0 heterocycles. The van der Waals surface area contributed by atoms with Crippen LogP contribution in [0.5, 0.6) is 0 Å². The summed E-state index contributed by atoms with van der Waals surface area (Å²) in [5.41, 5.74) is 3.68. The molecule has 0 saturated heterocycles. The van der Waals surface area contributed by atoms with Crippen molar-refractivity contribution in [3.05, 3.63) is 36.0 Å². The molecule has 2 aliphatic rings. The van der Waals surface area contributed by atoms with Crippen LogP contribution in [0.2, 0.25) is 0 Å². The summed E-state index contributed by atoms with van der Waals surface area (Å²) in [4.78, 5) is 11.5. The fraction of sp³-hybridized carbons (Fsp3) is 0.759. The monoisotopic (exact) mass is 428 g/mol. The Bertz CT molecular complexity index is 645. The van der Waals surface area contributed by atoms with Crippen LogP contribution in [-0.4, -0.2) is 20.0 Å². The van der Waals surface area contributed by atoms with Gasteiger partial charge in [0.1, 0.15) is 6.29 Å². The molecule has 0 radical (unpaired) electrons. The van der Waals surface area contributed by atoms with Crippen molar-refractivity contribution in [2.45, 2.75) is 98.3 Å². The number of carbonyl (C=O) groups excluding carboxylic acids is 1. The third-order valence-electron chi connectivity index (χ3n) is 8.76. The van der Waals surface area contributed by atoms with Crippen LogP contribution in [0.4, 0.5) is 0 Å². The van der Waals surface area contributed by atoms with E-state index >= 15 is 0 Å². The predicted octanol–water partition coefficient (Wildman–Crippen LogP) is 8.09. The Kier molecular flexibility index (Phi) is 10.3. The molecule has 2 rings (SSSR count). The second kappa shape index (κ2) is 12.2. The number of ether oxygens (including phenoxy) is 1. The van der Waals surface area contributed by atoms with Gasteiger partial charge in [-0.15, -0.1) is 6.58 Å². The Hall–Kier alpha value is -1.15. The van der Waals surface area contributed by atoms with Crippen LogP contribution in [-0.2, 0) is 9.53 Å². The van der Waals surface area contributed by atoms with Crippen molar-refractivity contribution in [1.29, 1.82) is 0 Å². The summed E-state index contributed by atoms with van der Waals surface area (Å²) in [6.45, 7) is 14.3. The zero-order valence-corrected chi connectivity index (χ0v) is 21.1. The third-order valence-corrected chi connectivity index (χ3v) is 8.76. The zero-order chi connectivity index (χ0) is 22.9. The van der Waals surface area contributed by atoms with Gasteiger partial charge in [0.25, 0.3) is 0 Å². The molecular formula is C29H48O2. The van der Waals surface area contributed by atoms with Gasteiger partial charge in [-0.2, -0.15) is 0 Å². The van der Waals surface area contributed by atoms with Crippen molar-refractivity contribution < 1.29 is 9.53 Å². The maximum Gasteiger partial charge on any atom is 0.120 e. The molecule has 0 amide bonds. The first kappa shape index (κ1) is 26.1. The summed E-state index contributed by atoms with van der Waals surface area (Å²) >= 11 is 0. The molecule has 1 fully saturated rings. The molecule has 2 heteroatoms. The van der Waals surface area contributed by atoms with E-state index < -0.39 is 0 Å². The molecular weight excluding hydrogens is 380 g/mol. The second-order valence-corrected chi connectivity index (χ2v) is 11.0. The van der Waals surface area contributed by atoms with Gasteiger partial charge in [-0.25, -0.2) is 0 Å². The SMILES string of the molecule is C=CCC(C/C=C(\C)CCCC1(C)CCC[C@@H]2C1=CC[C@@H](C)[C@]2(C)CC=O)CCOC. The summed E-state index contributed by atoms with van der Waals surface area (Å²) in [6.07, 6.45) is 21.0. The standard InChI is InChI=1S/C29H48O2/c1-7-10-25(17-22-31-6)15-13-23(2)11-8-18-28(4)19-9-12-27-26(28)16-14-24(3)29(27,5)20-21-30/h7,13,16,21,24-25,27H,1,8-12,14-15,17-20,22H2,2-6H3/b23-13+/t24-,25?,27-,28?,29+/m1/s1. The van der Waals surface area contributed by atoms with Gasteiger partial charge in [-0.05, 0) is 93.3 Å². The topological polar surface area (TPSA) is 26.3 Å². The number of hydrogen-bond acceptors (Lipinski definition) is 2. The van der Waals surface area contributed by atoms with Gasteiger partial charge >= 0.3 is 0 Å². The van der Waals surface area contributed by atoms with Crippen molar-refractivity contribution in [2.75, 3.05) is 13.7 Å². The fourth-order valence-corrected chi connectivity index (χ4v) is 6.28. The lowest BCUT2D eigenvalue weighted by Crippen LogP contribution is -2.44. The lowest BCUT2D eigenvalue weighted by molar-refractivity contribution is -0.111. The predicted molar refractivity (Wildman–Crippen MR) is 133 cm³/mol. The van der Waals surface area contributed by atoms with E-state index in [1.54, 1.807) is 12.7 Å². The summed E-state index contributed by atoms with van der Waals surface area (Å²) in [5, 5.41) is 0. The molecule has 0 spiro atoms. The van der Waals surface area contributed by atoms with Gasteiger partial charge in [0.15, 0.2) is 0 Å². The number of hydrogen-bond donors (Lipinski definition) is 0. The average molecular weight is 429 g/mol. The molecule has 2 unspecified atom stereocenters. The Labute approximate surface area is 192 Å². The summed E-state index contributed by atoms with van der Waals surface area (Å²) < 4.78 is 5.27. The van der Waals surface area contributed by atoms with E-state index in [4.69, 9.17) is 4.74 Å². The number of methoxy groups -OCH3 is 1. The Balaban J connectivity index is 1.96. The van der Waals surface area contributed by atoms with Gasteiger partial charge in [0, 0.05) is 20.1 Å². The first-order valence-electron chi connectivity index (χ1n) is 12.7. The summed E-state index contributed by atoms with van der Waals surface area (Å²) in [7, 11) is 1.78. The van der Waals surface area contributed by atoms with Crippen LogP contribution >= 0.6 is 0 Å². The fourth-order valence-electron chi connectivity index (χ4n) is 6.28. The van der Waals surface area contributed by atoms with Crippen molar-refractivity contribution in [3.8, 4) is 0 Å². The lowest BCUT2D eigenvalue weighted by atomic mass is 9.51. The highest BCUT2D eigenvalue weighted by molar-refractivity contribution is 5.51. The number of carbonyl (C=O) groups is 1. The minimum absolute atomic E-state index is 0.145.